The average molecular weight is 651 g/mol. The van der Waals surface area contributed by atoms with E-state index >= 15 is 0 Å². The van der Waals surface area contributed by atoms with Crippen LogP contribution in [0.1, 0.15) is 95.5 Å². The van der Waals surface area contributed by atoms with Crippen LogP contribution in [0.2, 0.25) is 0 Å². The zero-order chi connectivity index (χ0) is 33.6. The second kappa shape index (κ2) is 19.2. The minimum Gasteiger partial charge on any atom is -0.390 e. The third-order valence-electron chi connectivity index (χ3n) is 10.5. The number of piperidine rings is 1. The lowest BCUT2D eigenvalue weighted by molar-refractivity contribution is -0.137. The normalized spacial score (nSPS) is 20.6. The van der Waals surface area contributed by atoms with Crippen molar-refractivity contribution in [2.24, 2.45) is 17.8 Å². The summed E-state index contributed by atoms with van der Waals surface area (Å²) in [5.74, 6) is 1.43. The molecule has 2 aliphatic carbocycles. The van der Waals surface area contributed by atoms with E-state index in [-0.39, 0.29) is 37.0 Å². The second-order valence-corrected chi connectivity index (χ2v) is 14.3. The van der Waals surface area contributed by atoms with E-state index in [2.05, 4.69) is 21.5 Å². The third-order valence-corrected chi connectivity index (χ3v) is 10.5. The van der Waals surface area contributed by atoms with Gasteiger partial charge >= 0.3 is 0 Å². The molecule has 9 nitrogen and oxygen atoms in total. The highest BCUT2D eigenvalue weighted by Gasteiger charge is 2.40. The Morgan fingerprint density at radius 2 is 1.64 bits per heavy atom. The van der Waals surface area contributed by atoms with E-state index in [1.54, 1.807) is 11.9 Å². The number of nitrogens with one attached hydrogen (secondary N) is 2. The summed E-state index contributed by atoms with van der Waals surface area (Å²) in [6.07, 6.45) is 16.0. The van der Waals surface area contributed by atoms with Crippen LogP contribution in [0.5, 0.6) is 0 Å². The van der Waals surface area contributed by atoms with Crippen molar-refractivity contribution in [3.05, 3.63) is 35.9 Å². The smallest absolute Gasteiger partial charge is 0.242 e. The maximum Gasteiger partial charge on any atom is 0.242 e. The largest absolute Gasteiger partial charge is 0.390 e. The van der Waals surface area contributed by atoms with Crippen molar-refractivity contribution in [2.75, 3.05) is 33.2 Å². The molecule has 3 aliphatic rings. The van der Waals surface area contributed by atoms with Gasteiger partial charge in [0, 0.05) is 33.0 Å². The molecule has 5 atom stereocenters. The molecule has 9 heteroatoms. The zero-order valence-corrected chi connectivity index (χ0v) is 28.5. The van der Waals surface area contributed by atoms with Crippen LogP contribution in [0.15, 0.2) is 30.3 Å². The molecule has 260 valence electrons. The Hall–Kier alpha value is -2.93. The fourth-order valence-corrected chi connectivity index (χ4v) is 7.21. The number of benzene rings is 1. The predicted molar refractivity (Wildman–Crippen MR) is 184 cm³/mol. The number of hydrogen-bond acceptors (Lipinski definition) is 6. The van der Waals surface area contributed by atoms with Crippen LogP contribution >= 0.6 is 0 Å². The molecular weight excluding hydrogens is 592 g/mol. The van der Waals surface area contributed by atoms with Crippen molar-refractivity contribution in [3.63, 3.8) is 0 Å². The Labute approximate surface area is 282 Å². The van der Waals surface area contributed by atoms with Crippen LogP contribution in [-0.2, 0) is 20.8 Å². The molecule has 0 aromatic heterocycles. The number of hydrogen-bond donors (Lipinski definition) is 4. The number of likely N-dealkylation sites (N-methyl/N-ethyl adjacent to an activating group) is 1. The number of carbonyl (C=O) groups is 3. The molecule has 4 N–H and O–H groups in total. The summed E-state index contributed by atoms with van der Waals surface area (Å²) in [6.45, 7) is 3.53. The fraction of sp³-hybridized carbons (Fsp3) is 0.711. The Kier molecular flexibility index (Phi) is 15.0. The summed E-state index contributed by atoms with van der Waals surface area (Å²) in [5.41, 5.74) is 0.936. The van der Waals surface area contributed by atoms with Gasteiger partial charge in [0.05, 0.1) is 18.1 Å². The van der Waals surface area contributed by atoms with Crippen LogP contribution in [0.25, 0.3) is 0 Å². The molecule has 1 aromatic carbocycles. The van der Waals surface area contributed by atoms with Gasteiger partial charge in [0.15, 0.2) is 0 Å². The molecule has 3 fully saturated rings. The van der Waals surface area contributed by atoms with E-state index in [1.165, 1.54) is 25.7 Å². The zero-order valence-electron chi connectivity index (χ0n) is 28.5. The molecule has 1 saturated heterocycles. The molecule has 4 rings (SSSR count). The second-order valence-electron chi connectivity index (χ2n) is 14.3. The van der Waals surface area contributed by atoms with Crippen LogP contribution in [0, 0.1) is 30.1 Å². The van der Waals surface area contributed by atoms with Gasteiger partial charge in [-0.1, -0.05) is 68.9 Å². The standard InChI is InChI=1S/C38H58N4O5/c1-3-4-18-32(38(47)40-33(26-29-16-10-6-11-17-29)36(45)35(44)30-19-20-30)39-37(46)31(25-28-14-8-5-9-15-28)27-34(43)41(2)23-24-42-21-12-7-13-22-42/h1,5,8-9,14-15,29-33,35-36,44-45H,4,6-7,10-13,16-27H2,2H3,(H,39,46)(H,40,47)/t31-,32+,33+,35+,36-/m1/s1. The van der Waals surface area contributed by atoms with Gasteiger partial charge in [0.2, 0.25) is 17.7 Å². The molecule has 0 radical (unpaired) electrons. The van der Waals surface area contributed by atoms with Gasteiger partial charge in [-0.05, 0) is 75.4 Å². The highest BCUT2D eigenvalue weighted by atomic mass is 16.3. The lowest BCUT2D eigenvalue weighted by Crippen LogP contribution is -2.56. The average Bonchev–Trinajstić information content (AvgIpc) is 3.95. The summed E-state index contributed by atoms with van der Waals surface area (Å²) in [7, 11) is 1.79. The van der Waals surface area contributed by atoms with Gasteiger partial charge in [0.25, 0.3) is 0 Å². The van der Waals surface area contributed by atoms with Gasteiger partial charge in [-0.2, -0.15) is 0 Å². The summed E-state index contributed by atoms with van der Waals surface area (Å²) >= 11 is 0. The van der Waals surface area contributed by atoms with Gasteiger partial charge < -0.3 is 30.6 Å². The molecular formula is C38H58N4O5. The van der Waals surface area contributed by atoms with Gasteiger partial charge in [-0.15, -0.1) is 12.3 Å². The number of aliphatic hydroxyl groups excluding tert-OH is 2. The van der Waals surface area contributed by atoms with Crippen molar-refractivity contribution < 1.29 is 24.6 Å². The third kappa shape index (κ3) is 12.2. The fourth-order valence-electron chi connectivity index (χ4n) is 7.21. The topological polar surface area (TPSA) is 122 Å². The number of carbonyl (C=O) groups excluding carboxylic acids is 3. The number of aliphatic hydroxyl groups is 2. The van der Waals surface area contributed by atoms with E-state index in [4.69, 9.17) is 6.42 Å². The lowest BCUT2D eigenvalue weighted by Gasteiger charge is -2.33. The summed E-state index contributed by atoms with van der Waals surface area (Å²) < 4.78 is 0. The molecule has 0 bridgehead atoms. The van der Waals surface area contributed by atoms with Crippen LogP contribution < -0.4 is 10.6 Å². The molecule has 1 heterocycles. The Balaban J connectivity index is 1.44. The first-order valence-corrected chi connectivity index (χ1v) is 18.2. The first-order valence-electron chi connectivity index (χ1n) is 18.2. The number of terminal acetylenes is 1. The number of likely N-dealkylation sites (tertiary alicyclic amines) is 1. The predicted octanol–water partition coefficient (Wildman–Crippen LogP) is 3.66. The van der Waals surface area contributed by atoms with Gasteiger partial charge in [-0.25, -0.2) is 0 Å². The van der Waals surface area contributed by atoms with Crippen LogP contribution in [0.4, 0.5) is 0 Å². The molecule has 47 heavy (non-hydrogen) atoms. The number of amides is 3. The van der Waals surface area contributed by atoms with Crippen molar-refractivity contribution in [3.8, 4) is 12.3 Å². The van der Waals surface area contributed by atoms with Crippen LogP contribution in [0.3, 0.4) is 0 Å². The highest BCUT2D eigenvalue weighted by molar-refractivity contribution is 5.91. The molecule has 3 amide bonds. The first-order chi connectivity index (χ1) is 22.7. The minimum absolute atomic E-state index is 0.0251. The van der Waals surface area contributed by atoms with Crippen molar-refractivity contribution in [1.82, 2.24) is 20.4 Å². The van der Waals surface area contributed by atoms with E-state index in [9.17, 15) is 24.6 Å². The highest BCUT2D eigenvalue weighted by Crippen LogP contribution is 2.36. The molecule has 0 spiro atoms. The van der Waals surface area contributed by atoms with Crippen molar-refractivity contribution in [2.45, 2.75) is 121 Å². The Bertz CT molecular complexity index is 1160. The lowest BCUT2D eigenvalue weighted by atomic mass is 9.82. The van der Waals surface area contributed by atoms with E-state index in [0.29, 0.717) is 25.3 Å². The van der Waals surface area contributed by atoms with E-state index in [0.717, 1.165) is 63.7 Å². The summed E-state index contributed by atoms with van der Waals surface area (Å²) in [4.78, 5) is 45.3. The SMILES string of the molecule is C#CCC[C@H](NC(=O)[C@@H](CC(=O)N(C)CCN1CCCCC1)Cc1ccccc1)C(=O)N[C@@H](CC1CCCCC1)[C@@H](O)[C@@H](O)C1CC1. The summed E-state index contributed by atoms with van der Waals surface area (Å²) in [5, 5.41) is 28.0. The van der Waals surface area contributed by atoms with Crippen molar-refractivity contribution >= 4 is 17.7 Å². The van der Waals surface area contributed by atoms with E-state index < -0.39 is 36.1 Å². The van der Waals surface area contributed by atoms with Gasteiger partial charge in [-0.3, -0.25) is 14.4 Å². The van der Waals surface area contributed by atoms with Crippen LogP contribution in [-0.4, -0.2) is 95.3 Å². The number of rotatable bonds is 18. The minimum atomic E-state index is -1.08. The van der Waals surface area contributed by atoms with Gasteiger partial charge in [0.1, 0.15) is 12.1 Å². The first kappa shape index (κ1) is 36.9. The molecule has 0 unspecified atom stereocenters. The number of nitrogens with zero attached hydrogens (tertiary/aromatic N) is 2. The van der Waals surface area contributed by atoms with E-state index in [1.807, 2.05) is 30.3 Å². The Morgan fingerprint density at radius 1 is 0.957 bits per heavy atom. The molecule has 2 saturated carbocycles. The maximum absolute atomic E-state index is 13.9. The quantitative estimate of drug-likeness (QED) is 0.180. The molecule has 1 aromatic rings. The maximum atomic E-state index is 13.9. The van der Waals surface area contributed by atoms with Crippen molar-refractivity contribution in [1.29, 1.82) is 0 Å². The monoisotopic (exact) mass is 650 g/mol. The summed E-state index contributed by atoms with van der Waals surface area (Å²) in [6, 6.07) is 8.06. The molecule has 1 aliphatic heterocycles. The Morgan fingerprint density at radius 3 is 2.30 bits per heavy atom.